The molecule has 0 aliphatic rings. The van der Waals surface area contributed by atoms with Crippen LogP contribution in [0.3, 0.4) is 0 Å². The van der Waals surface area contributed by atoms with E-state index in [1.54, 1.807) is 20.8 Å². The summed E-state index contributed by atoms with van der Waals surface area (Å²) in [6.45, 7) is 11.1. The maximum atomic E-state index is 13.9. The van der Waals surface area contributed by atoms with Crippen molar-refractivity contribution >= 4 is 23.9 Å². The first kappa shape index (κ1) is 37.4. The molecule has 38 heavy (non-hydrogen) atoms. The monoisotopic (exact) mass is 562 g/mol. The minimum atomic E-state index is -3.93. The zero-order valence-corrected chi connectivity index (χ0v) is 23.0. The number of ether oxygens (including phenoxy) is 6. The summed E-state index contributed by atoms with van der Waals surface area (Å²) in [5.41, 5.74) is -0.922. The fourth-order valence-electron chi connectivity index (χ4n) is 2.17. The number of esters is 4. The van der Waals surface area contributed by atoms with Crippen molar-refractivity contribution in [2.24, 2.45) is 5.41 Å². The molecule has 0 aliphatic heterocycles. The van der Waals surface area contributed by atoms with Crippen LogP contribution in [-0.4, -0.2) is 75.7 Å². The Labute approximate surface area is 219 Å². The van der Waals surface area contributed by atoms with Gasteiger partial charge in [-0.3, -0.25) is 4.79 Å². The second-order valence-electron chi connectivity index (χ2n) is 8.54. The van der Waals surface area contributed by atoms with Crippen LogP contribution < -0.4 is 0 Å². The van der Waals surface area contributed by atoms with Gasteiger partial charge in [0.1, 0.15) is 0 Å². The summed E-state index contributed by atoms with van der Waals surface area (Å²) < 4.78 is 81.3. The fraction of sp³-hybridized carbons (Fsp3) is 0.750. The van der Waals surface area contributed by atoms with E-state index in [0.29, 0.717) is 6.42 Å². The van der Waals surface area contributed by atoms with Crippen molar-refractivity contribution in [3.63, 3.8) is 0 Å². The molecule has 14 heteroatoms. The zero-order chi connectivity index (χ0) is 30.3. The van der Waals surface area contributed by atoms with Gasteiger partial charge in [-0.25, -0.2) is 14.4 Å². The molecule has 0 radical (unpaired) electrons. The van der Waals surface area contributed by atoms with Crippen LogP contribution in [0, 0.1) is 5.41 Å². The molecule has 10 nitrogen and oxygen atoms in total. The Kier molecular flexibility index (Phi) is 16.7. The third-order valence-electron chi connectivity index (χ3n) is 4.99. The number of carbonyl (C=O) groups is 4. The molecule has 0 aromatic rings. The molecule has 0 saturated heterocycles. The Balaban J connectivity index is 0. The van der Waals surface area contributed by atoms with E-state index in [1.165, 1.54) is 35.0 Å². The summed E-state index contributed by atoms with van der Waals surface area (Å²) in [6, 6.07) is 0. The standard InChI is InChI=1S/C13H22F2O5.C11H16F2O5/c1-6-9(20-10(16)12(3,4)7-2)13(14,15)11(17)19-8-18-5;1-5-8(18-9(14)7(2)3)11(12,13)10(15)17-6-16-4/h9H,6-8H2,1-5H3;8H,2,5-6H2,1,3-4H3. The lowest BCUT2D eigenvalue weighted by Gasteiger charge is -2.28. The highest BCUT2D eigenvalue weighted by molar-refractivity contribution is 5.88. The van der Waals surface area contributed by atoms with E-state index in [9.17, 15) is 36.7 Å². The Morgan fingerprint density at radius 2 is 1.11 bits per heavy atom. The molecule has 0 rings (SSSR count). The summed E-state index contributed by atoms with van der Waals surface area (Å²) in [6.07, 6.45) is -3.77. The smallest absolute Gasteiger partial charge is 0.383 e. The normalized spacial score (nSPS) is 13.3. The summed E-state index contributed by atoms with van der Waals surface area (Å²) in [5.74, 6) is -13.2. The van der Waals surface area contributed by atoms with Crippen LogP contribution in [0.15, 0.2) is 12.2 Å². The lowest BCUT2D eigenvalue weighted by molar-refractivity contribution is -0.208. The average Bonchev–Trinajstić information content (AvgIpc) is 2.86. The van der Waals surface area contributed by atoms with Crippen molar-refractivity contribution < 1.29 is 65.2 Å². The molecule has 0 fully saturated rings. The van der Waals surface area contributed by atoms with Gasteiger partial charge in [0.2, 0.25) is 0 Å². The third-order valence-corrected chi connectivity index (χ3v) is 4.99. The SMILES string of the molecule is C=C(C)C(=O)OC(CC)C(F)(F)C(=O)OCOC.CCC(OC(=O)C(C)(C)CC)C(F)(F)C(=O)OCOC. The van der Waals surface area contributed by atoms with Gasteiger partial charge in [0, 0.05) is 19.8 Å². The molecule has 0 amide bonds. The van der Waals surface area contributed by atoms with Gasteiger partial charge in [0.25, 0.3) is 0 Å². The average molecular weight is 563 g/mol. The minimum absolute atomic E-state index is 0.0329. The van der Waals surface area contributed by atoms with Crippen LogP contribution in [0.25, 0.3) is 0 Å². The zero-order valence-electron chi connectivity index (χ0n) is 23.0. The van der Waals surface area contributed by atoms with Crippen LogP contribution in [0.2, 0.25) is 0 Å². The van der Waals surface area contributed by atoms with Crippen molar-refractivity contribution in [1.82, 2.24) is 0 Å². The van der Waals surface area contributed by atoms with Crippen LogP contribution in [-0.2, 0) is 47.6 Å². The number of carbonyl (C=O) groups excluding carboxylic acids is 4. The molecular formula is C24H38F4O10. The number of halogens is 4. The Bertz CT molecular complexity index is 799. The molecule has 0 spiro atoms. The number of hydrogen-bond donors (Lipinski definition) is 0. The quantitative estimate of drug-likeness (QED) is 0.0943. The van der Waals surface area contributed by atoms with Crippen molar-refractivity contribution in [3.05, 3.63) is 12.2 Å². The minimum Gasteiger partial charge on any atom is -0.455 e. The maximum absolute atomic E-state index is 13.9. The Hall–Kier alpha value is -2.74. The van der Waals surface area contributed by atoms with E-state index in [1.807, 2.05) is 0 Å². The predicted octanol–water partition coefficient (Wildman–Crippen LogP) is 4.19. The second-order valence-corrected chi connectivity index (χ2v) is 8.54. The van der Waals surface area contributed by atoms with Gasteiger partial charge in [-0.2, -0.15) is 17.6 Å². The number of rotatable bonds is 15. The van der Waals surface area contributed by atoms with Gasteiger partial charge in [0.05, 0.1) is 5.41 Å². The molecular weight excluding hydrogens is 524 g/mol. The van der Waals surface area contributed by atoms with E-state index in [-0.39, 0.29) is 18.4 Å². The first-order valence-corrected chi connectivity index (χ1v) is 11.6. The first-order valence-electron chi connectivity index (χ1n) is 11.6. The van der Waals surface area contributed by atoms with Gasteiger partial charge < -0.3 is 28.4 Å². The van der Waals surface area contributed by atoms with Crippen molar-refractivity contribution in [3.8, 4) is 0 Å². The Morgan fingerprint density at radius 3 is 1.39 bits per heavy atom. The van der Waals surface area contributed by atoms with Crippen molar-refractivity contribution in [1.29, 1.82) is 0 Å². The van der Waals surface area contributed by atoms with E-state index >= 15 is 0 Å². The van der Waals surface area contributed by atoms with E-state index < -0.39 is 66.9 Å². The third kappa shape index (κ3) is 11.8. The largest absolute Gasteiger partial charge is 0.455 e. The van der Waals surface area contributed by atoms with Crippen LogP contribution in [0.5, 0.6) is 0 Å². The predicted molar refractivity (Wildman–Crippen MR) is 125 cm³/mol. The maximum Gasteiger partial charge on any atom is 0.383 e. The number of hydrogen-bond acceptors (Lipinski definition) is 10. The fourth-order valence-corrected chi connectivity index (χ4v) is 2.17. The van der Waals surface area contributed by atoms with Crippen molar-refractivity contribution in [2.75, 3.05) is 27.8 Å². The molecule has 0 aromatic heterocycles. The van der Waals surface area contributed by atoms with Crippen LogP contribution in [0.4, 0.5) is 17.6 Å². The number of alkyl halides is 4. The van der Waals surface area contributed by atoms with E-state index in [4.69, 9.17) is 4.74 Å². The second kappa shape index (κ2) is 17.0. The Morgan fingerprint density at radius 1 is 0.737 bits per heavy atom. The molecule has 0 bridgehead atoms. The van der Waals surface area contributed by atoms with Crippen LogP contribution >= 0.6 is 0 Å². The summed E-state index contributed by atoms with van der Waals surface area (Å²) in [7, 11) is 2.39. The molecule has 0 aliphatic carbocycles. The lowest BCUT2D eigenvalue weighted by Crippen LogP contribution is -2.46. The molecule has 0 N–H and O–H groups in total. The molecule has 2 unspecified atom stereocenters. The summed E-state index contributed by atoms with van der Waals surface area (Å²) in [5, 5.41) is 0. The topological polar surface area (TPSA) is 124 Å². The highest BCUT2D eigenvalue weighted by Gasteiger charge is 2.52. The lowest BCUT2D eigenvalue weighted by atomic mass is 9.90. The summed E-state index contributed by atoms with van der Waals surface area (Å²) >= 11 is 0. The van der Waals surface area contributed by atoms with Gasteiger partial charge in [0.15, 0.2) is 25.8 Å². The van der Waals surface area contributed by atoms with Gasteiger partial charge in [-0.05, 0) is 40.0 Å². The van der Waals surface area contributed by atoms with Crippen molar-refractivity contribution in [2.45, 2.75) is 84.9 Å². The van der Waals surface area contributed by atoms with Gasteiger partial charge in [-0.1, -0.05) is 27.4 Å². The molecule has 0 saturated carbocycles. The van der Waals surface area contributed by atoms with E-state index in [2.05, 4.69) is 30.3 Å². The molecule has 0 heterocycles. The summed E-state index contributed by atoms with van der Waals surface area (Å²) in [4.78, 5) is 45.4. The highest BCUT2D eigenvalue weighted by atomic mass is 19.3. The highest BCUT2D eigenvalue weighted by Crippen LogP contribution is 2.30. The number of methoxy groups -OCH3 is 2. The molecule has 0 aromatic carbocycles. The molecule has 222 valence electrons. The van der Waals surface area contributed by atoms with E-state index in [0.717, 1.165) is 0 Å². The first-order chi connectivity index (χ1) is 17.4. The van der Waals surface area contributed by atoms with Gasteiger partial charge >= 0.3 is 35.7 Å². The van der Waals surface area contributed by atoms with Crippen LogP contribution in [0.1, 0.15) is 60.8 Å². The van der Waals surface area contributed by atoms with Gasteiger partial charge in [-0.15, -0.1) is 0 Å². The molecule has 2 atom stereocenters.